The number of benzene rings is 1. The number of nitrogen functional groups attached to an aromatic ring is 2. The Morgan fingerprint density at radius 1 is 1.14 bits per heavy atom. The second-order valence-electron chi connectivity index (χ2n) is 4.03. The minimum atomic E-state index is -4.52. The van der Waals surface area contributed by atoms with Crippen LogP contribution in [0, 0.1) is 11.3 Å². The number of aromatic nitrogens is 2. The summed E-state index contributed by atoms with van der Waals surface area (Å²) < 4.78 is 37.8. The molecule has 9 heteroatoms. The Morgan fingerprint density at radius 3 is 2.43 bits per heavy atom. The minimum Gasteiger partial charge on any atom is -0.383 e. The van der Waals surface area contributed by atoms with Gasteiger partial charge in [0.15, 0.2) is 0 Å². The quantitative estimate of drug-likeness (QED) is 0.783. The zero-order chi connectivity index (χ0) is 15.6. The Hall–Kier alpha value is -3.02. The predicted molar refractivity (Wildman–Crippen MR) is 70.3 cm³/mol. The standard InChI is InChI=1S/C12H9F3N6/c13-12(14,15)7-1-2-8(6(3-7)5-16)19-10-4-9(17)20-11(18)21-10/h1-4H,(H5,17,18,19,20,21). The largest absolute Gasteiger partial charge is 0.416 e. The van der Waals surface area contributed by atoms with Gasteiger partial charge in [-0.1, -0.05) is 0 Å². The van der Waals surface area contributed by atoms with Gasteiger partial charge in [-0.05, 0) is 18.2 Å². The van der Waals surface area contributed by atoms with Crippen LogP contribution in [0.1, 0.15) is 11.1 Å². The average Bonchev–Trinajstić information content (AvgIpc) is 2.36. The first kappa shape index (κ1) is 14.4. The van der Waals surface area contributed by atoms with Crippen LogP contribution in [0.25, 0.3) is 0 Å². The zero-order valence-corrected chi connectivity index (χ0v) is 10.4. The molecule has 0 aliphatic carbocycles. The smallest absolute Gasteiger partial charge is 0.383 e. The van der Waals surface area contributed by atoms with Crippen molar-refractivity contribution in [2.24, 2.45) is 0 Å². The number of nitrogens with zero attached hydrogens (tertiary/aromatic N) is 3. The second-order valence-corrected chi connectivity index (χ2v) is 4.03. The molecule has 6 nitrogen and oxygen atoms in total. The number of hydrogen-bond donors (Lipinski definition) is 3. The van der Waals surface area contributed by atoms with Crippen molar-refractivity contribution in [3.63, 3.8) is 0 Å². The SMILES string of the molecule is N#Cc1cc(C(F)(F)F)ccc1Nc1cc(N)nc(N)n1. The Balaban J connectivity index is 2.39. The number of nitrogens with two attached hydrogens (primary N) is 2. The minimum absolute atomic E-state index is 0.0930. The second kappa shape index (κ2) is 5.16. The molecule has 0 spiro atoms. The Kier molecular flexibility index (Phi) is 3.54. The molecular formula is C12H9F3N6. The summed E-state index contributed by atoms with van der Waals surface area (Å²) in [5, 5.41) is 11.6. The molecule has 5 N–H and O–H groups in total. The van der Waals surface area contributed by atoms with Crippen molar-refractivity contribution in [3.05, 3.63) is 35.4 Å². The summed E-state index contributed by atoms with van der Waals surface area (Å²) >= 11 is 0. The highest BCUT2D eigenvalue weighted by atomic mass is 19.4. The van der Waals surface area contributed by atoms with Gasteiger partial charge in [0.05, 0.1) is 16.8 Å². The first-order valence-corrected chi connectivity index (χ1v) is 5.58. The van der Waals surface area contributed by atoms with Crippen molar-refractivity contribution in [1.82, 2.24) is 9.97 Å². The third-order valence-corrected chi connectivity index (χ3v) is 2.49. The summed E-state index contributed by atoms with van der Waals surface area (Å²) in [5.74, 6) is 0.176. The molecule has 0 aliphatic heterocycles. The Morgan fingerprint density at radius 2 is 1.86 bits per heavy atom. The van der Waals surface area contributed by atoms with Crippen LogP contribution in [0.15, 0.2) is 24.3 Å². The third-order valence-electron chi connectivity index (χ3n) is 2.49. The van der Waals surface area contributed by atoms with Crippen molar-refractivity contribution in [1.29, 1.82) is 5.26 Å². The summed E-state index contributed by atoms with van der Waals surface area (Å²) in [4.78, 5) is 7.48. The van der Waals surface area contributed by atoms with Gasteiger partial charge in [-0.3, -0.25) is 0 Å². The fraction of sp³-hybridized carbons (Fsp3) is 0.0833. The molecule has 0 aliphatic rings. The maximum Gasteiger partial charge on any atom is 0.416 e. The third kappa shape index (κ3) is 3.30. The molecule has 1 aromatic heterocycles. The molecule has 21 heavy (non-hydrogen) atoms. The Bertz CT molecular complexity index is 700. The fourth-order valence-corrected chi connectivity index (χ4v) is 1.61. The fourth-order valence-electron chi connectivity index (χ4n) is 1.61. The summed E-state index contributed by atoms with van der Waals surface area (Å²) in [5.41, 5.74) is 9.95. The van der Waals surface area contributed by atoms with Crippen LogP contribution in [0.3, 0.4) is 0 Å². The normalized spacial score (nSPS) is 11.0. The molecule has 108 valence electrons. The van der Waals surface area contributed by atoms with Crippen LogP contribution in [-0.2, 0) is 6.18 Å². The number of halogens is 3. The van der Waals surface area contributed by atoms with Crippen molar-refractivity contribution >= 4 is 23.3 Å². The molecule has 1 aromatic carbocycles. The van der Waals surface area contributed by atoms with Gasteiger partial charge < -0.3 is 16.8 Å². The summed E-state index contributed by atoms with van der Waals surface area (Å²) in [6.07, 6.45) is -4.52. The van der Waals surface area contributed by atoms with Crippen LogP contribution < -0.4 is 16.8 Å². The molecule has 0 amide bonds. The lowest BCUT2D eigenvalue weighted by Gasteiger charge is -2.11. The molecule has 0 atom stereocenters. The van der Waals surface area contributed by atoms with E-state index in [1.807, 2.05) is 0 Å². The topological polar surface area (TPSA) is 114 Å². The predicted octanol–water partition coefficient (Wildman–Crippen LogP) is 2.28. The number of alkyl halides is 3. The van der Waals surface area contributed by atoms with Crippen LogP contribution in [0.2, 0.25) is 0 Å². The molecule has 0 unspecified atom stereocenters. The number of nitrogens with one attached hydrogen (secondary N) is 1. The van der Waals surface area contributed by atoms with Crippen LogP contribution in [0.4, 0.5) is 36.4 Å². The van der Waals surface area contributed by atoms with Crippen molar-refractivity contribution in [2.75, 3.05) is 16.8 Å². The van der Waals surface area contributed by atoms with E-state index in [1.165, 1.54) is 6.07 Å². The first-order valence-electron chi connectivity index (χ1n) is 5.58. The van der Waals surface area contributed by atoms with Crippen molar-refractivity contribution < 1.29 is 13.2 Å². The molecule has 1 heterocycles. The number of hydrogen-bond acceptors (Lipinski definition) is 6. The summed E-state index contributed by atoms with van der Waals surface area (Å²) in [6.45, 7) is 0. The molecule has 2 aromatic rings. The van der Waals surface area contributed by atoms with Crippen LogP contribution in [0.5, 0.6) is 0 Å². The lowest BCUT2D eigenvalue weighted by molar-refractivity contribution is -0.137. The van der Waals surface area contributed by atoms with E-state index >= 15 is 0 Å². The van der Waals surface area contributed by atoms with Gasteiger partial charge in [0.2, 0.25) is 5.95 Å². The van der Waals surface area contributed by atoms with Gasteiger partial charge in [0.1, 0.15) is 17.7 Å². The maximum atomic E-state index is 12.6. The van der Waals surface area contributed by atoms with Gasteiger partial charge >= 0.3 is 6.18 Å². The van der Waals surface area contributed by atoms with Gasteiger partial charge in [-0.15, -0.1) is 0 Å². The van der Waals surface area contributed by atoms with E-state index in [4.69, 9.17) is 16.7 Å². The van der Waals surface area contributed by atoms with E-state index in [9.17, 15) is 13.2 Å². The van der Waals surface area contributed by atoms with E-state index in [-0.39, 0.29) is 28.8 Å². The van der Waals surface area contributed by atoms with E-state index in [0.29, 0.717) is 0 Å². The Labute approximate surface area is 117 Å². The highest BCUT2D eigenvalue weighted by Crippen LogP contribution is 2.32. The van der Waals surface area contributed by atoms with E-state index < -0.39 is 11.7 Å². The number of rotatable bonds is 2. The molecule has 2 rings (SSSR count). The molecule has 0 saturated heterocycles. The number of anilines is 4. The van der Waals surface area contributed by atoms with Crippen LogP contribution >= 0.6 is 0 Å². The zero-order valence-electron chi connectivity index (χ0n) is 10.4. The lowest BCUT2D eigenvalue weighted by Crippen LogP contribution is -2.07. The highest BCUT2D eigenvalue weighted by molar-refractivity contribution is 5.67. The maximum absolute atomic E-state index is 12.6. The van der Waals surface area contributed by atoms with E-state index in [0.717, 1.165) is 18.2 Å². The molecule has 0 saturated carbocycles. The molecule has 0 radical (unpaired) electrons. The number of nitriles is 1. The van der Waals surface area contributed by atoms with Crippen molar-refractivity contribution in [2.45, 2.75) is 6.18 Å². The van der Waals surface area contributed by atoms with Gasteiger partial charge in [0.25, 0.3) is 0 Å². The average molecular weight is 294 g/mol. The molecular weight excluding hydrogens is 285 g/mol. The van der Waals surface area contributed by atoms with Crippen molar-refractivity contribution in [3.8, 4) is 6.07 Å². The van der Waals surface area contributed by atoms with E-state index in [1.54, 1.807) is 6.07 Å². The first-order chi connectivity index (χ1) is 9.79. The highest BCUT2D eigenvalue weighted by Gasteiger charge is 2.31. The van der Waals surface area contributed by atoms with Gasteiger partial charge in [-0.2, -0.15) is 28.4 Å². The molecule has 0 fully saturated rings. The lowest BCUT2D eigenvalue weighted by atomic mass is 10.1. The summed E-state index contributed by atoms with van der Waals surface area (Å²) in [6, 6.07) is 5.77. The monoisotopic (exact) mass is 294 g/mol. The van der Waals surface area contributed by atoms with Gasteiger partial charge in [-0.25, -0.2) is 0 Å². The van der Waals surface area contributed by atoms with E-state index in [2.05, 4.69) is 15.3 Å². The van der Waals surface area contributed by atoms with Gasteiger partial charge in [0, 0.05) is 6.07 Å². The molecule has 0 bridgehead atoms. The summed E-state index contributed by atoms with van der Waals surface area (Å²) in [7, 11) is 0. The van der Waals surface area contributed by atoms with Crippen LogP contribution in [-0.4, -0.2) is 9.97 Å².